The van der Waals surface area contributed by atoms with Crippen LogP contribution < -0.4 is 4.74 Å². The summed E-state index contributed by atoms with van der Waals surface area (Å²) in [5.41, 5.74) is 5.11. The van der Waals surface area contributed by atoms with Gasteiger partial charge >= 0.3 is 0 Å². The molecule has 7 nitrogen and oxygen atoms in total. The molecule has 1 saturated heterocycles. The van der Waals surface area contributed by atoms with Gasteiger partial charge in [0.15, 0.2) is 0 Å². The number of aliphatic hydroxyl groups excluding tert-OH is 1. The Labute approximate surface area is 208 Å². The van der Waals surface area contributed by atoms with E-state index in [1.165, 1.54) is 0 Å². The number of aryl methyl sites for hydroxylation is 1. The lowest BCUT2D eigenvalue weighted by Crippen LogP contribution is -2.40. The van der Waals surface area contributed by atoms with E-state index < -0.39 is 0 Å². The zero-order valence-corrected chi connectivity index (χ0v) is 20.4. The predicted octanol–water partition coefficient (Wildman–Crippen LogP) is 5.32. The van der Waals surface area contributed by atoms with E-state index in [-0.39, 0.29) is 18.1 Å². The molecular formula is C27H27ClN4O3. The third kappa shape index (κ3) is 4.74. The van der Waals surface area contributed by atoms with E-state index in [1.807, 2.05) is 56.3 Å². The van der Waals surface area contributed by atoms with Gasteiger partial charge in [-0.05, 0) is 62.6 Å². The first kappa shape index (κ1) is 23.3. The van der Waals surface area contributed by atoms with Gasteiger partial charge in [-0.15, -0.1) is 0 Å². The van der Waals surface area contributed by atoms with Crippen molar-refractivity contribution in [2.45, 2.75) is 38.9 Å². The van der Waals surface area contributed by atoms with Gasteiger partial charge in [-0.3, -0.25) is 14.9 Å². The average molecular weight is 491 g/mol. The quantitative estimate of drug-likeness (QED) is 0.395. The van der Waals surface area contributed by atoms with Gasteiger partial charge in [-0.2, -0.15) is 5.10 Å². The number of amides is 1. The highest BCUT2D eigenvalue weighted by Gasteiger charge is 2.22. The maximum atomic E-state index is 12.8. The summed E-state index contributed by atoms with van der Waals surface area (Å²) < 4.78 is 6.23. The molecule has 1 unspecified atom stereocenters. The molecule has 5 rings (SSSR count). The second-order valence-corrected chi connectivity index (χ2v) is 9.40. The summed E-state index contributed by atoms with van der Waals surface area (Å²) in [4.78, 5) is 18.7. The number of hydrogen-bond donors (Lipinski definition) is 2. The Morgan fingerprint density at radius 2 is 1.91 bits per heavy atom. The van der Waals surface area contributed by atoms with Gasteiger partial charge in [0, 0.05) is 47.6 Å². The van der Waals surface area contributed by atoms with E-state index in [2.05, 4.69) is 15.2 Å². The standard InChI is InChI=1S/C27H27ClN4O3/c1-16-14-29-15-23(28)25(16)17(2)35-21-7-8-24-22(13-21)26(31-30-24)18-3-5-19(6-4-18)27(34)32-11-9-20(33)10-12-32/h3-8,13-15,17,20,33H,9-12H2,1-2H3,(H,30,31). The first-order chi connectivity index (χ1) is 16.9. The molecule has 1 fully saturated rings. The number of rotatable bonds is 5. The van der Waals surface area contributed by atoms with E-state index >= 15 is 0 Å². The summed E-state index contributed by atoms with van der Waals surface area (Å²) in [7, 11) is 0. The number of aromatic nitrogens is 3. The van der Waals surface area contributed by atoms with Gasteiger partial charge in [0.25, 0.3) is 5.91 Å². The van der Waals surface area contributed by atoms with Gasteiger partial charge in [-0.25, -0.2) is 0 Å². The molecule has 1 aliphatic rings. The molecule has 2 aromatic heterocycles. The van der Waals surface area contributed by atoms with Crippen molar-refractivity contribution in [1.82, 2.24) is 20.1 Å². The second kappa shape index (κ2) is 9.68. The number of halogens is 1. The van der Waals surface area contributed by atoms with Crippen LogP contribution in [0.2, 0.25) is 5.02 Å². The molecular weight excluding hydrogens is 464 g/mol. The number of nitrogens with zero attached hydrogens (tertiary/aromatic N) is 3. The lowest BCUT2D eigenvalue weighted by atomic mass is 10.0. The lowest BCUT2D eigenvalue weighted by molar-refractivity contribution is 0.0546. The highest BCUT2D eigenvalue weighted by molar-refractivity contribution is 6.31. The summed E-state index contributed by atoms with van der Waals surface area (Å²) in [6, 6.07) is 13.3. The number of carbonyl (C=O) groups is 1. The molecule has 1 aliphatic heterocycles. The topological polar surface area (TPSA) is 91.3 Å². The molecule has 0 aliphatic carbocycles. The van der Waals surface area contributed by atoms with Crippen molar-refractivity contribution in [3.8, 4) is 17.0 Å². The van der Waals surface area contributed by atoms with Crippen LogP contribution in [0.1, 0.15) is 47.4 Å². The summed E-state index contributed by atoms with van der Waals surface area (Å²) in [5.74, 6) is 0.698. The van der Waals surface area contributed by atoms with Crippen LogP contribution in [0.4, 0.5) is 0 Å². The third-order valence-electron chi connectivity index (χ3n) is 6.55. The fraction of sp³-hybridized carbons (Fsp3) is 0.296. The number of carbonyl (C=O) groups excluding carboxylic acids is 1. The second-order valence-electron chi connectivity index (χ2n) is 8.99. The number of aliphatic hydroxyl groups is 1. The Balaban J connectivity index is 1.37. The van der Waals surface area contributed by atoms with Crippen molar-refractivity contribution >= 4 is 28.4 Å². The normalized spacial score (nSPS) is 15.4. The molecule has 8 heteroatoms. The molecule has 2 N–H and O–H groups in total. The predicted molar refractivity (Wildman–Crippen MR) is 136 cm³/mol. The fourth-order valence-electron chi connectivity index (χ4n) is 4.63. The Kier molecular flexibility index (Phi) is 6.45. The smallest absolute Gasteiger partial charge is 0.253 e. The summed E-state index contributed by atoms with van der Waals surface area (Å²) >= 11 is 6.37. The number of H-pyrrole nitrogens is 1. The maximum absolute atomic E-state index is 12.8. The van der Waals surface area contributed by atoms with Crippen molar-refractivity contribution in [3.05, 3.63) is 76.6 Å². The number of nitrogens with one attached hydrogen (secondary N) is 1. The Morgan fingerprint density at radius 3 is 2.63 bits per heavy atom. The molecule has 0 spiro atoms. The molecule has 3 heterocycles. The highest BCUT2D eigenvalue weighted by atomic mass is 35.5. The number of fused-ring (bicyclic) bond motifs is 1. The van der Waals surface area contributed by atoms with Crippen molar-refractivity contribution < 1.29 is 14.6 Å². The SMILES string of the molecule is Cc1cncc(Cl)c1C(C)Oc1ccc2[nH]nc(-c3ccc(C(=O)N4CCC(O)CC4)cc3)c2c1. The van der Waals surface area contributed by atoms with Crippen molar-refractivity contribution in [2.24, 2.45) is 0 Å². The van der Waals surface area contributed by atoms with E-state index in [1.54, 1.807) is 17.3 Å². The van der Waals surface area contributed by atoms with Gasteiger partial charge in [0.1, 0.15) is 17.5 Å². The number of pyridine rings is 1. The third-order valence-corrected chi connectivity index (χ3v) is 6.85. The van der Waals surface area contributed by atoms with E-state index in [4.69, 9.17) is 16.3 Å². The zero-order chi connectivity index (χ0) is 24.5. The molecule has 0 saturated carbocycles. The summed E-state index contributed by atoms with van der Waals surface area (Å²) in [5, 5.41) is 18.8. The molecule has 35 heavy (non-hydrogen) atoms. The number of piperidine rings is 1. The average Bonchev–Trinajstić information content (AvgIpc) is 3.27. The maximum Gasteiger partial charge on any atom is 0.253 e. The number of aromatic amines is 1. The first-order valence-corrected chi connectivity index (χ1v) is 12.1. The van der Waals surface area contributed by atoms with Crippen LogP contribution in [0.5, 0.6) is 5.75 Å². The molecule has 2 aromatic carbocycles. The number of ether oxygens (including phenoxy) is 1. The first-order valence-electron chi connectivity index (χ1n) is 11.7. The monoisotopic (exact) mass is 490 g/mol. The van der Waals surface area contributed by atoms with Crippen molar-refractivity contribution in [2.75, 3.05) is 13.1 Å². The number of likely N-dealkylation sites (tertiary alicyclic amines) is 1. The van der Waals surface area contributed by atoms with Gasteiger partial charge in [0.05, 0.1) is 16.6 Å². The van der Waals surface area contributed by atoms with Crippen LogP contribution >= 0.6 is 11.6 Å². The number of hydrogen-bond acceptors (Lipinski definition) is 5. The van der Waals surface area contributed by atoms with Crippen LogP contribution in [0.3, 0.4) is 0 Å². The zero-order valence-electron chi connectivity index (χ0n) is 19.7. The van der Waals surface area contributed by atoms with Gasteiger partial charge in [-0.1, -0.05) is 23.7 Å². The van der Waals surface area contributed by atoms with Gasteiger partial charge < -0.3 is 14.7 Å². The van der Waals surface area contributed by atoms with Gasteiger partial charge in [0.2, 0.25) is 0 Å². The fourth-order valence-corrected chi connectivity index (χ4v) is 4.99. The Morgan fingerprint density at radius 1 is 1.17 bits per heavy atom. The minimum atomic E-state index is -0.308. The van der Waals surface area contributed by atoms with E-state index in [9.17, 15) is 9.90 Å². The molecule has 0 radical (unpaired) electrons. The molecule has 4 aromatic rings. The highest BCUT2D eigenvalue weighted by Crippen LogP contribution is 2.33. The van der Waals surface area contributed by atoms with E-state index in [0.717, 1.165) is 33.3 Å². The summed E-state index contributed by atoms with van der Waals surface area (Å²) in [6.07, 6.45) is 4.10. The van der Waals surface area contributed by atoms with Crippen LogP contribution in [-0.2, 0) is 0 Å². The molecule has 1 amide bonds. The van der Waals surface area contributed by atoms with Crippen LogP contribution in [-0.4, -0.2) is 50.3 Å². The Hall–Kier alpha value is -3.42. The van der Waals surface area contributed by atoms with Crippen molar-refractivity contribution in [1.29, 1.82) is 0 Å². The van der Waals surface area contributed by atoms with Crippen molar-refractivity contribution in [3.63, 3.8) is 0 Å². The van der Waals surface area contributed by atoms with E-state index in [0.29, 0.717) is 42.3 Å². The molecule has 1 atom stereocenters. The molecule has 180 valence electrons. The largest absolute Gasteiger partial charge is 0.486 e. The van der Waals surface area contributed by atoms with Crippen LogP contribution in [0.25, 0.3) is 22.2 Å². The van der Waals surface area contributed by atoms with Crippen LogP contribution in [0, 0.1) is 6.92 Å². The minimum Gasteiger partial charge on any atom is -0.486 e. The summed E-state index contributed by atoms with van der Waals surface area (Å²) in [6.45, 7) is 5.09. The number of benzene rings is 2. The lowest BCUT2D eigenvalue weighted by Gasteiger charge is -2.29. The Bertz CT molecular complexity index is 1340. The molecule has 0 bridgehead atoms. The minimum absolute atomic E-state index is 0.00919. The van der Waals surface area contributed by atoms with Crippen LogP contribution in [0.15, 0.2) is 54.9 Å².